The minimum absolute atomic E-state index is 0.0315. The summed E-state index contributed by atoms with van der Waals surface area (Å²) in [5.74, 6) is -0.277. The molecule has 0 radical (unpaired) electrons. The van der Waals surface area contributed by atoms with E-state index in [2.05, 4.69) is 20.6 Å². The molecule has 4 N–H and O–H groups in total. The number of nitro groups is 1. The second-order valence-electron chi connectivity index (χ2n) is 3.56. The molecule has 0 bridgehead atoms. The molecule has 1 fully saturated rings. The van der Waals surface area contributed by atoms with Crippen molar-refractivity contribution in [1.82, 2.24) is 15.3 Å². The molecule has 1 atom stereocenters. The molecule has 1 aliphatic rings. The van der Waals surface area contributed by atoms with E-state index in [0.29, 0.717) is 6.54 Å². The quantitative estimate of drug-likeness (QED) is 0.466. The Hall–Kier alpha value is -2.45. The molecule has 0 saturated carbocycles. The maximum absolute atomic E-state index is 11.0. The highest BCUT2D eigenvalue weighted by Crippen LogP contribution is 2.27. The van der Waals surface area contributed by atoms with Gasteiger partial charge in [-0.25, -0.2) is 9.97 Å². The van der Waals surface area contributed by atoms with Crippen LogP contribution in [-0.2, 0) is 4.79 Å². The Morgan fingerprint density at radius 1 is 1.59 bits per heavy atom. The van der Waals surface area contributed by atoms with Crippen LogP contribution in [0.1, 0.15) is 6.42 Å². The first-order valence-corrected chi connectivity index (χ1v) is 4.86. The highest BCUT2D eigenvalue weighted by Gasteiger charge is 2.26. The number of hydrogen-bond acceptors (Lipinski definition) is 7. The lowest BCUT2D eigenvalue weighted by atomic mass is 10.2. The van der Waals surface area contributed by atoms with E-state index in [4.69, 9.17) is 5.73 Å². The third-order valence-electron chi connectivity index (χ3n) is 2.35. The fourth-order valence-corrected chi connectivity index (χ4v) is 1.58. The van der Waals surface area contributed by atoms with E-state index in [0.717, 1.165) is 6.33 Å². The molecule has 1 amide bonds. The Morgan fingerprint density at radius 2 is 2.35 bits per heavy atom. The average Bonchev–Trinajstić information content (AvgIpc) is 2.63. The van der Waals surface area contributed by atoms with Gasteiger partial charge in [0, 0.05) is 13.0 Å². The van der Waals surface area contributed by atoms with Crippen molar-refractivity contribution in [2.45, 2.75) is 12.5 Å². The van der Waals surface area contributed by atoms with Crippen LogP contribution in [0, 0.1) is 10.1 Å². The molecular formula is C8H10N6O3. The molecule has 1 aromatic heterocycles. The monoisotopic (exact) mass is 238 g/mol. The number of rotatable bonds is 3. The number of carbonyl (C=O) groups is 1. The molecule has 9 nitrogen and oxygen atoms in total. The summed E-state index contributed by atoms with van der Waals surface area (Å²) in [6.45, 7) is 0.403. The molecule has 0 aliphatic carbocycles. The zero-order chi connectivity index (χ0) is 12.4. The van der Waals surface area contributed by atoms with Crippen LogP contribution in [-0.4, -0.2) is 33.4 Å². The number of anilines is 2. The molecule has 9 heteroatoms. The molecule has 2 rings (SSSR count). The standard InChI is InChI=1S/C8H10N6O3/c9-7-6(14(16)17)8(12-3-11-7)13-4-1-5(15)10-2-4/h3-4H,1-2H2,(H,10,15)(H3,9,11,12,13). The minimum Gasteiger partial charge on any atom is -0.378 e. The van der Waals surface area contributed by atoms with Gasteiger partial charge in [-0.15, -0.1) is 0 Å². The maximum Gasteiger partial charge on any atom is 0.352 e. The third kappa shape index (κ3) is 2.22. The lowest BCUT2D eigenvalue weighted by Gasteiger charge is -2.11. The molecule has 90 valence electrons. The van der Waals surface area contributed by atoms with Gasteiger partial charge in [-0.2, -0.15) is 0 Å². The highest BCUT2D eigenvalue weighted by molar-refractivity contribution is 5.80. The van der Waals surface area contributed by atoms with E-state index in [9.17, 15) is 14.9 Å². The normalized spacial score (nSPS) is 18.8. The highest BCUT2D eigenvalue weighted by atomic mass is 16.6. The molecule has 0 spiro atoms. The van der Waals surface area contributed by atoms with Crippen LogP contribution in [0.4, 0.5) is 17.3 Å². The summed E-state index contributed by atoms with van der Waals surface area (Å²) in [4.78, 5) is 28.5. The minimum atomic E-state index is -0.651. The van der Waals surface area contributed by atoms with Gasteiger partial charge in [0.15, 0.2) is 0 Å². The second kappa shape index (κ2) is 4.20. The van der Waals surface area contributed by atoms with Crippen LogP contribution in [0.25, 0.3) is 0 Å². The number of nitrogens with zero attached hydrogens (tertiary/aromatic N) is 3. The maximum atomic E-state index is 11.0. The number of carbonyl (C=O) groups excluding carboxylic acids is 1. The Kier molecular flexibility index (Phi) is 2.73. The van der Waals surface area contributed by atoms with Crippen LogP contribution in [0.15, 0.2) is 6.33 Å². The zero-order valence-electron chi connectivity index (χ0n) is 8.71. The van der Waals surface area contributed by atoms with E-state index in [1.54, 1.807) is 0 Å². The van der Waals surface area contributed by atoms with E-state index < -0.39 is 4.92 Å². The van der Waals surface area contributed by atoms with Gasteiger partial charge in [-0.3, -0.25) is 14.9 Å². The fourth-order valence-electron chi connectivity index (χ4n) is 1.58. The van der Waals surface area contributed by atoms with Gasteiger partial charge in [0.25, 0.3) is 0 Å². The molecule has 1 unspecified atom stereocenters. The van der Waals surface area contributed by atoms with Crippen LogP contribution >= 0.6 is 0 Å². The van der Waals surface area contributed by atoms with E-state index >= 15 is 0 Å². The van der Waals surface area contributed by atoms with Crippen molar-refractivity contribution in [1.29, 1.82) is 0 Å². The number of nitrogens with two attached hydrogens (primary N) is 1. The zero-order valence-corrected chi connectivity index (χ0v) is 8.71. The summed E-state index contributed by atoms with van der Waals surface area (Å²) < 4.78 is 0. The van der Waals surface area contributed by atoms with Gasteiger partial charge in [0.2, 0.25) is 17.5 Å². The molecule has 2 heterocycles. The van der Waals surface area contributed by atoms with Crippen molar-refractivity contribution < 1.29 is 9.72 Å². The Bertz CT molecular complexity index is 476. The summed E-state index contributed by atoms with van der Waals surface area (Å²) in [5.41, 5.74) is 5.04. The lowest BCUT2D eigenvalue weighted by Crippen LogP contribution is -2.23. The fraction of sp³-hybridized carbons (Fsp3) is 0.375. The van der Waals surface area contributed by atoms with E-state index in [1.807, 2.05) is 0 Å². The van der Waals surface area contributed by atoms with Crippen LogP contribution < -0.4 is 16.4 Å². The van der Waals surface area contributed by atoms with Gasteiger partial charge in [0.05, 0.1) is 11.0 Å². The molecule has 17 heavy (non-hydrogen) atoms. The smallest absolute Gasteiger partial charge is 0.352 e. The molecule has 1 aromatic rings. The van der Waals surface area contributed by atoms with Gasteiger partial charge < -0.3 is 16.4 Å². The lowest BCUT2D eigenvalue weighted by molar-refractivity contribution is -0.383. The van der Waals surface area contributed by atoms with Crippen molar-refractivity contribution in [3.63, 3.8) is 0 Å². The van der Waals surface area contributed by atoms with Gasteiger partial charge >= 0.3 is 5.69 Å². The van der Waals surface area contributed by atoms with Gasteiger partial charge in [-0.05, 0) is 0 Å². The summed E-state index contributed by atoms with van der Waals surface area (Å²) in [7, 11) is 0. The third-order valence-corrected chi connectivity index (χ3v) is 2.35. The SMILES string of the molecule is Nc1ncnc(NC2CNC(=O)C2)c1[N+](=O)[O-]. The Morgan fingerprint density at radius 3 is 2.94 bits per heavy atom. The van der Waals surface area contributed by atoms with Gasteiger partial charge in [-0.1, -0.05) is 0 Å². The Labute approximate surface area is 95.6 Å². The number of aromatic nitrogens is 2. The van der Waals surface area contributed by atoms with Crippen LogP contribution in [0.5, 0.6) is 0 Å². The van der Waals surface area contributed by atoms with Crippen LogP contribution in [0.3, 0.4) is 0 Å². The van der Waals surface area contributed by atoms with Crippen molar-refractivity contribution in [2.24, 2.45) is 0 Å². The number of hydrogen-bond donors (Lipinski definition) is 3. The summed E-state index contributed by atoms with van der Waals surface area (Å²) in [6.07, 6.45) is 1.38. The molecule has 1 saturated heterocycles. The topological polar surface area (TPSA) is 136 Å². The number of nitrogens with one attached hydrogen (secondary N) is 2. The van der Waals surface area contributed by atoms with Crippen molar-refractivity contribution in [3.8, 4) is 0 Å². The van der Waals surface area contributed by atoms with E-state index in [-0.39, 0.29) is 35.7 Å². The van der Waals surface area contributed by atoms with Crippen molar-refractivity contribution >= 4 is 23.2 Å². The molecule has 0 aromatic carbocycles. The predicted molar refractivity (Wildman–Crippen MR) is 58.1 cm³/mol. The second-order valence-corrected chi connectivity index (χ2v) is 3.56. The van der Waals surface area contributed by atoms with Crippen molar-refractivity contribution in [2.75, 3.05) is 17.6 Å². The molecular weight excluding hydrogens is 228 g/mol. The first kappa shape index (κ1) is 11.0. The van der Waals surface area contributed by atoms with Crippen LogP contribution in [0.2, 0.25) is 0 Å². The number of nitrogen functional groups attached to an aromatic ring is 1. The Balaban J connectivity index is 2.23. The largest absolute Gasteiger partial charge is 0.378 e. The first-order chi connectivity index (χ1) is 8.08. The van der Waals surface area contributed by atoms with Crippen molar-refractivity contribution in [3.05, 3.63) is 16.4 Å². The first-order valence-electron chi connectivity index (χ1n) is 4.86. The predicted octanol–water partition coefficient (Wildman–Crippen LogP) is -0.733. The summed E-state index contributed by atoms with van der Waals surface area (Å²) in [5, 5.41) is 16.2. The van der Waals surface area contributed by atoms with Gasteiger partial charge in [0.1, 0.15) is 6.33 Å². The summed E-state index contributed by atoms with van der Waals surface area (Å²) in [6, 6.07) is -0.226. The van der Waals surface area contributed by atoms with E-state index in [1.165, 1.54) is 0 Å². The molecule has 1 aliphatic heterocycles. The summed E-state index contributed by atoms with van der Waals surface area (Å²) >= 11 is 0. The average molecular weight is 238 g/mol. The number of amides is 1.